The van der Waals surface area contributed by atoms with Crippen LogP contribution >= 0.6 is 0 Å². The van der Waals surface area contributed by atoms with Gasteiger partial charge in [-0.15, -0.1) is 0 Å². The molecule has 0 atom stereocenters. The average Bonchev–Trinajstić information content (AvgIpc) is 3.00. The first kappa shape index (κ1) is 14.2. The van der Waals surface area contributed by atoms with Gasteiger partial charge in [0.25, 0.3) is 0 Å². The Bertz CT molecular complexity index is 330. The molecule has 3 aliphatic rings. The average molecular weight is 278 g/mol. The summed E-state index contributed by atoms with van der Waals surface area (Å²) in [7, 11) is 0. The summed E-state index contributed by atoms with van der Waals surface area (Å²) in [5.74, 6) is 6.68. The van der Waals surface area contributed by atoms with Gasteiger partial charge >= 0.3 is 0 Å². The third kappa shape index (κ3) is 3.11. The highest BCUT2D eigenvalue weighted by molar-refractivity contribution is 5.79. The predicted molar refractivity (Wildman–Crippen MR) is 83.3 cm³/mol. The molecular weight excluding hydrogens is 248 g/mol. The Hall–Kier alpha value is -0.770. The van der Waals surface area contributed by atoms with Crippen molar-refractivity contribution in [3.63, 3.8) is 0 Å². The smallest absolute Gasteiger partial charge is 0.208 e. The number of nitrogens with zero attached hydrogens (tertiary/aromatic N) is 2. The van der Waals surface area contributed by atoms with Gasteiger partial charge in [-0.2, -0.15) is 0 Å². The lowest BCUT2D eigenvalue weighted by atomic mass is 9.68. The van der Waals surface area contributed by atoms with Crippen LogP contribution in [0.4, 0.5) is 0 Å². The molecule has 4 nitrogen and oxygen atoms in total. The summed E-state index contributed by atoms with van der Waals surface area (Å²) in [6.07, 6.45) is 15.0. The lowest BCUT2D eigenvalue weighted by Crippen LogP contribution is -2.51. The van der Waals surface area contributed by atoms with E-state index < -0.39 is 0 Å². The SMILES string of the molecule is NNC(=NC1CCCC1)N1CCC2(CCCCC2)CC1. The zero-order valence-corrected chi connectivity index (χ0v) is 12.7. The zero-order valence-electron chi connectivity index (χ0n) is 12.7. The van der Waals surface area contributed by atoms with E-state index >= 15 is 0 Å². The highest BCUT2D eigenvalue weighted by Crippen LogP contribution is 2.44. The van der Waals surface area contributed by atoms with Gasteiger partial charge in [0.05, 0.1) is 6.04 Å². The molecule has 0 radical (unpaired) electrons. The van der Waals surface area contributed by atoms with Crippen molar-refractivity contribution in [2.24, 2.45) is 16.3 Å². The summed E-state index contributed by atoms with van der Waals surface area (Å²) in [6, 6.07) is 0.506. The molecule has 4 heteroatoms. The van der Waals surface area contributed by atoms with Crippen LogP contribution in [0, 0.1) is 5.41 Å². The molecule has 20 heavy (non-hydrogen) atoms. The fraction of sp³-hybridized carbons (Fsp3) is 0.938. The molecule has 1 spiro atoms. The van der Waals surface area contributed by atoms with E-state index in [9.17, 15) is 0 Å². The molecule has 0 bridgehead atoms. The Morgan fingerprint density at radius 2 is 1.60 bits per heavy atom. The first-order valence-corrected chi connectivity index (χ1v) is 8.61. The van der Waals surface area contributed by atoms with Crippen molar-refractivity contribution in [1.82, 2.24) is 10.3 Å². The molecule has 0 amide bonds. The van der Waals surface area contributed by atoms with Gasteiger partial charge in [0, 0.05) is 13.1 Å². The van der Waals surface area contributed by atoms with E-state index in [-0.39, 0.29) is 0 Å². The molecule has 2 aliphatic carbocycles. The van der Waals surface area contributed by atoms with Gasteiger partial charge in [-0.25, -0.2) is 10.8 Å². The number of nitrogens with one attached hydrogen (secondary N) is 1. The number of aliphatic imine (C=N–C) groups is 1. The third-order valence-electron chi connectivity index (χ3n) is 5.80. The van der Waals surface area contributed by atoms with Gasteiger partial charge in [0.1, 0.15) is 0 Å². The van der Waals surface area contributed by atoms with E-state index in [0.29, 0.717) is 11.5 Å². The van der Waals surface area contributed by atoms with E-state index in [1.807, 2.05) is 0 Å². The molecule has 0 aromatic rings. The molecular formula is C16H30N4. The molecule has 3 fully saturated rings. The summed E-state index contributed by atoms with van der Waals surface area (Å²) in [4.78, 5) is 7.24. The standard InChI is InChI=1S/C16H30N4/c17-19-15(18-14-6-2-3-7-14)20-12-10-16(11-13-20)8-4-1-5-9-16/h14H,1-13,17H2,(H,18,19). The minimum absolute atomic E-state index is 0.506. The van der Waals surface area contributed by atoms with E-state index in [1.165, 1.54) is 70.6 Å². The quantitative estimate of drug-likeness (QED) is 0.336. The fourth-order valence-corrected chi connectivity index (χ4v) is 4.41. The van der Waals surface area contributed by atoms with Gasteiger partial charge in [-0.3, -0.25) is 5.43 Å². The van der Waals surface area contributed by atoms with E-state index in [1.54, 1.807) is 0 Å². The fourth-order valence-electron chi connectivity index (χ4n) is 4.41. The van der Waals surface area contributed by atoms with Crippen LogP contribution in [-0.4, -0.2) is 30.0 Å². The van der Waals surface area contributed by atoms with Crippen LogP contribution in [0.3, 0.4) is 0 Å². The number of hydrogen-bond acceptors (Lipinski definition) is 2. The lowest BCUT2D eigenvalue weighted by molar-refractivity contribution is 0.0961. The van der Waals surface area contributed by atoms with E-state index in [4.69, 9.17) is 10.8 Å². The minimum Gasteiger partial charge on any atom is -0.342 e. The van der Waals surface area contributed by atoms with Gasteiger partial charge in [-0.1, -0.05) is 32.1 Å². The predicted octanol–water partition coefficient (Wildman–Crippen LogP) is 2.79. The Labute approximate surface area is 123 Å². The van der Waals surface area contributed by atoms with Crippen LogP contribution in [0.1, 0.15) is 70.6 Å². The maximum absolute atomic E-state index is 5.73. The highest BCUT2D eigenvalue weighted by atomic mass is 15.4. The van der Waals surface area contributed by atoms with Crippen molar-refractivity contribution < 1.29 is 0 Å². The molecule has 0 aromatic carbocycles. The molecule has 1 heterocycles. The maximum atomic E-state index is 5.73. The summed E-state index contributed by atoms with van der Waals surface area (Å²) < 4.78 is 0. The van der Waals surface area contributed by atoms with Crippen LogP contribution in [0.25, 0.3) is 0 Å². The Kier molecular flexibility index (Phi) is 4.49. The second-order valence-electron chi connectivity index (χ2n) is 7.08. The summed E-state index contributed by atoms with van der Waals surface area (Å²) >= 11 is 0. The monoisotopic (exact) mass is 278 g/mol. The summed E-state index contributed by atoms with van der Waals surface area (Å²) in [5.41, 5.74) is 3.52. The maximum Gasteiger partial charge on any atom is 0.208 e. The molecule has 114 valence electrons. The number of guanidine groups is 1. The third-order valence-corrected chi connectivity index (χ3v) is 5.80. The zero-order chi connectivity index (χ0) is 13.8. The van der Waals surface area contributed by atoms with E-state index in [2.05, 4.69) is 10.3 Å². The molecule has 1 saturated heterocycles. The number of likely N-dealkylation sites (tertiary alicyclic amines) is 1. The van der Waals surface area contributed by atoms with E-state index in [0.717, 1.165) is 19.0 Å². The first-order valence-electron chi connectivity index (χ1n) is 8.61. The number of piperidine rings is 1. The number of hydrogen-bond donors (Lipinski definition) is 2. The van der Waals surface area contributed by atoms with Crippen molar-refractivity contribution in [3.05, 3.63) is 0 Å². The molecule has 3 rings (SSSR count). The van der Waals surface area contributed by atoms with Gasteiger partial charge < -0.3 is 4.90 Å². The van der Waals surface area contributed by atoms with Gasteiger partial charge in [0.2, 0.25) is 5.96 Å². The van der Waals surface area contributed by atoms with Crippen molar-refractivity contribution in [3.8, 4) is 0 Å². The molecule has 1 aliphatic heterocycles. The molecule has 2 saturated carbocycles. The summed E-state index contributed by atoms with van der Waals surface area (Å²) in [5, 5.41) is 0. The van der Waals surface area contributed by atoms with Crippen molar-refractivity contribution in [1.29, 1.82) is 0 Å². The number of nitrogens with two attached hydrogens (primary N) is 1. The van der Waals surface area contributed by atoms with Crippen molar-refractivity contribution in [2.45, 2.75) is 76.7 Å². The lowest BCUT2D eigenvalue weighted by Gasteiger charge is -2.45. The Morgan fingerprint density at radius 1 is 0.950 bits per heavy atom. The van der Waals surface area contributed by atoms with Crippen molar-refractivity contribution in [2.75, 3.05) is 13.1 Å². The number of hydrazine groups is 1. The van der Waals surface area contributed by atoms with Crippen LogP contribution < -0.4 is 11.3 Å². The first-order chi connectivity index (χ1) is 9.81. The van der Waals surface area contributed by atoms with Crippen LogP contribution in [-0.2, 0) is 0 Å². The van der Waals surface area contributed by atoms with Gasteiger partial charge in [-0.05, 0) is 43.9 Å². The topological polar surface area (TPSA) is 53.6 Å². The number of rotatable bonds is 1. The normalized spacial score (nSPS) is 28.1. The van der Waals surface area contributed by atoms with Crippen LogP contribution in [0.2, 0.25) is 0 Å². The second-order valence-corrected chi connectivity index (χ2v) is 7.08. The minimum atomic E-state index is 0.506. The van der Waals surface area contributed by atoms with Gasteiger partial charge in [0.15, 0.2) is 0 Å². The second kappa shape index (κ2) is 6.33. The summed E-state index contributed by atoms with van der Waals surface area (Å²) in [6.45, 7) is 2.27. The van der Waals surface area contributed by atoms with Crippen molar-refractivity contribution >= 4 is 5.96 Å². The highest BCUT2D eigenvalue weighted by Gasteiger charge is 2.36. The van der Waals surface area contributed by atoms with Crippen LogP contribution in [0.5, 0.6) is 0 Å². The molecule has 0 aromatic heterocycles. The molecule has 0 unspecified atom stereocenters. The van der Waals surface area contributed by atoms with Crippen LogP contribution in [0.15, 0.2) is 4.99 Å². The Morgan fingerprint density at radius 3 is 2.20 bits per heavy atom. The largest absolute Gasteiger partial charge is 0.342 e. The Balaban J connectivity index is 1.58. The molecule has 3 N–H and O–H groups in total.